The van der Waals surface area contributed by atoms with Gasteiger partial charge >= 0.3 is 0 Å². The Morgan fingerprint density at radius 2 is 1.65 bits per heavy atom. The average molecular weight is 222 g/mol. The molecule has 0 unspecified atom stereocenters. The van der Waals surface area contributed by atoms with Gasteiger partial charge in [0.2, 0.25) is 0 Å². The molecule has 17 heavy (non-hydrogen) atoms. The molecule has 2 heteroatoms. The third-order valence-corrected chi connectivity index (χ3v) is 2.77. The van der Waals surface area contributed by atoms with Gasteiger partial charge in [-0.1, -0.05) is 36.4 Å². The Bertz CT molecular complexity index is 712. The molecule has 1 aromatic heterocycles. The summed E-state index contributed by atoms with van der Waals surface area (Å²) in [5.74, 6) is 0. The van der Waals surface area contributed by atoms with E-state index < -0.39 is 0 Å². The smallest absolute Gasteiger partial charge is 0.192 e. The van der Waals surface area contributed by atoms with Crippen molar-refractivity contribution >= 4 is 11.0 Å². The van der Waals surface area contributed by atoms with E-state index in [1.165, 1.54) is 12.3 Å². The fourth-order valence-corrected chi connectivity index (χ4v) is 1.89. The summed E-state index contributed by atoms with van der Waals surface area (Å²) in [5.41, 5.74) is 2.73. The topological polar surface area (TPSA) is 30.2 Å². The molecule has 2 aromatic carbocycles. The van der Waals surface area contributed by atoms with Gasteiger partial charge in [-0.3, -0.25) is 4.79 Å². The molecule has 1 heterocycles. The van der Waals surface area contributed by atoms with Crippen LogP contribution < -0.4 is 5.43 Å². The van der Waals surface area contributed by atoms with Crippen LogP contribution in [0.25, 0.3) is 22.1 Å². The minimum Gasteiger partial charge on any atom is -0.464 e. The third kappa shape index (κ3) is 1.74. The Morgan fingerprint density at radius 1 is 0.824 bits per heavy atom. The Balaban J connectivity index is 2.27. The molecule has 0 saturated carbocycles. The van der Waals surface area contributed by atoms with Gasteiger partial charge < -0.3 is 4.42 Å². The molecule has 0 saturated heterocycles. The van der Waals surface area contributed by atoms with Crippen LogP contribution in [0.4, 0.5) is 0 Å². The Hall–Kier alpha value is -2.35. The van der Waals surface area contributed by atoms with Crippen molar-refractivity contribution < 1.29 is 4.42 Å². The van der Waals surface area contributed by atoms with Crippen LogP contribution in [0.2, 0.25) is 0 Å². The minimum absolute atomic E-state index is 0.0102. The lowest BCUT2D eigenvalue weighted by atomic mass is 10.0. The SMILES string of the molecule is O=c1ccoc2ccc(-c3ccccc3)cc12. The standard InChI is InChI=1S/C15H10O2/c16-14-8-9-17-15-7-6-12(10-13(14)15)11-4-2-1-3-5-11/h1-10H. The minimum atomic E-state index is -0.0102. The average Bonchev–Trinajstić information content (AvgIpc) is 2.40. The van der Waals surface area contributed by atoms with E-state index >= 15 is 0 Å². The predicted molar refractivity (Wildman–Crippen MR) is 67.9 cm³/mol. The highest BCUT2D eigenvalue weighted by Gasteiger charge is 2.02. The van der Waals surface area contributed by atoms with Gasteiger partial charge in [-0.05, 0) is 23.3 Å². The van der Waals surface area contributed by atoms with Gasteiger partial charge in [-0.25, -0.2) is 0 Å². The molecule has 3 aromatic rings. The normalized spacial score (nSPS) is 10.6. The van der Waals surface area contributed by atoms with E-state index in [1.54, 1.807) is 0 Å². The van der Waals surface area contributed by atoms with E-state index in [9.17, 15) is 4.79 Å². The van der Waals surface area contributed by atoms with Crippen molar-refractivity contribution in [2.24, 2.45) is 0 Å². The highest BCUT2D eigenvalue weighted by atomic mass is 16.3. The zero-order valence-electron chi connectivity index (χ0n) is 9.09. The lowest BCUT2D eigenvalue weighted by Crippen LogP contribution is -1.97. The molecule has 0 spiro atoms. The van der Waals surface area contributed by atoms with Gasteiger partial charge in [-0.15, -0.1) is 0 Å². The first-order valence-electron chi connectivity index (χ1n) is 5.41. The maximum absolute atomic E-state index is 11.7. The first-order valence-corrected chi connectivity index (χ1v) is 5.41. The molecule has 0 fully saturated rings. The number of fused-ring (bicyclic) bond motifs is 1. The maximum Gasteiger partial charge on any atom is 0.192 e. The molecular formula is C15H10O2. The molecule has 3 rings (SSSR count). The van der Waals surface area contributed by atoms with E-state index in [0.29, 0.717) is 11.0 Å². The van der Waals surface area contributed by atoms with Crippen LogP contribution in [-0.2, 0) is 0 Å². The van der Waals surface area contributed by atoms with Gasteiger partial charge in [0.25, 0.3) is 0 Å². The summed E-state index contributed by atoms with van der Waals surface area (Å²) in [6.45, 7) is 0. The fraction of sp³-hybridized carbons (Fsp3) is 0. The first-order chi connectivity index (χ1) is 8.34. The highest BCUT2D eigenvalue weighted by Crippen LogP contribution is 2.22. The van der Waals surface area contributed by atoms with E-state index in [-0.39, 0.29) is 5.43 Å². The van der Waals surface area contributed by atoms with Crippen molar-refractivity contribution in [3.05, 3.63) is 71.1 Å². The zero-order chi connectivity index (χ0) is 11.7. The summed E-state index contributed by atoms with van der Waals surface area (Å²) in [4.78, 5) is 11.7. The molecule has 0 aliphatic heterocycles. The molecule has 0 amide bonds. The number of rotatable bonds is 1. The molecule has 82 valence electrons. The van der Waals surface area contributed by atoms with Crippen LogP contribution in [0.1, 0.15) is 0 Å². The maximum atomic E-state index is 11.7. The summed E-state index contributed by atoms with van der Waals surface area (Å²) in [6.07, 6.45) is 1.42. The molecule has 0 N–H and O–H groups in total. The van der Waals surface area contributed by atoms with Crippen molar-refractivity contribution in [3.8, 4) is 11.1 Å². The molecule has 2 nitrogen and oxygen atoms in total. The number of benzene rings is 2. The van der Waals surface area contributed by atoms with Crippen molar-refractivity contribution in [3.63, 3.8) is 0 Å². The fourth-order valence-electron chi connectivity index (χ4n) is 1.89. The van der Waals surface area contributed by atoms with Crippen LogP contribution >= 0.6 is 0 Å². The Labute approximate surface area is 98.1 Å². The molecule has 0 atom stereocenters. The summed E-state index contributed by atoms with van der Waals surface area (Å²) < 4.78 is 5.28. The van der Waals surface area contributed by atoms with Crippen molar-refractivity contribution in [1.29, 1.82) is 0 Å². The molecule has 0 aliphatic rings. The van der Waals surface area contributed by atoms with Crippen LogP contribution in [0.5, 0.6) is 0 Å². The summed E-state index contributed by atoms with van der Waals surface area (Å²) in [7, 11) is 0. The summed E-state index contributed by atoms with van der Waals surface area (Å²) >= 11 is 0. The van der Waals surface area contributed by atoms with Crippen LogP contribution in [0, 0.1) is 0 Å². The van der Waals surface area contributed by atoms with Gasteiger partial charge in [-0.2, -0.15) is 0 Å². The van der Waals surface area contributed by atoms with Crippen molar-refractivity contribution in [2.45, 2.75) is 0 Å². The van der Waals surface area contributed by atoms with Gasteiger partial charge in [0.1, 0.15) is 5.58 Å². The largest absolute Gasteiger partial charge is 0.464 e. The molecular weight excluding hydrogens is 212 g/mol. The summed E-state index contributed by atoms with van der Waals surface area (Å²) in [6, 6.07) is 17.1. The van der Waals surface area contributed by atoms with Gasteiger partial charge in [0.15, 0.2) is 5.43 Å². The van der Waals surface area contributed by atoms with Crippen LogP contribution in [0.3, 0.4) is 0 Å². The molecule has 0 bridgehead atoms. The second-order valence-corrected chi connectivity index (χ2v) is 3.86. The highest BCUT2D eigenvalue weighted by molar-refractivity contribution is 5.82. The number of hydrogen-bond donors (Lipinski definition) is 0. The Morgan fingerprint density at radius 3 is 2.47 bits per heavy atom. The van der Waals surface area contributed by atoms with Crippen molar-refractivity contribution in [2.75, 3.05) is 0 Å². The monoisotopic (exact) mass is 222 g/mol. The van der Waals surface area contributed by atoms with Gasteiger partial charge in [0.05, 0.1) is 11.6 Å². The quantitative estimate of drug-likeness (QED) is 0.631. The second kappa shape index (κ2) is 3.91. The van der Waals surface area contributed by atoms with E-state index in [2.05, 4.69) is 0 Å². The Kier molecular flexibility index (Phi) is 2.26. The van der Waals surface area contributed by atoms with Crippen molar-refractivity contribution in [1.82, 2.24) is 0 Å². The lowest BCUT2D eigenvalue weighted by molar-refractivity contribution is 0.602. The summed E-state index contributed by atoms with van der Waals surface area (Å²) in [5, 5.41) is 0.619. The van der Waals surface area contributed by atoms with E-state index in [1.807, 2.05) is 48.5 Å². The third-order valence-electron chi connectivity index (χ3n) is 2.77. The predicted octanol–water partition coefficient (Wildman–Crippen LogP) is 3.46. The lowest BCUT2D eigenvalue weighted by Gasteiger charge is -2.02. The number of hydrogen-bond acceptors (Lipinski definition) is 2. The van der Waals surface area contributed by atoms with Gasteiger partial charge in [0, 0.05) is 6.07 Å². The van der Waals surface area contributed by atoms with Crippen LogP contribution in [0.15, 0.2) is 70.1 Å². The van der Waals surface area contributed by atoms with E-state index in [4.69, 9.17) is 4.42 Å². The van der Waals surface area contributed by atoms with E-state index in [0.717, 1.165) is 11.1 Å². The van der Waals surface area contributed by atoms with Crippen LogP contribution in [-0.4, -0.2) is 0 Å². The zero-order valence-corrected chi connectivity index (χ0v) is 9.09. The molecule has 0 aliphatic carbocycles. The second-order valence-electron chi connectivity index (χ2n) is 3.86. The molecule has 0 radical (unpaired) electrons. The first kappa shape index (κ1) is 9.85.